The fraction of sp³-hybridized carbons (Fsp3) is 0.588. The fourth-order valence-corrected chi connectivity index (χ4v) is 4.76. The van der Waals surface area contributed by atoms with Crippen LogP contribution in [0.3, 0.4) is 0 Å². The van der Waals surface area contributed by atoms with Crippen LogP contribution < -0.4 is 10.6 Å². The molecule has 2 heterocycles. The van der Waals surface area contributed by atoms with Gasteiger partial charge in [0.25, 0.3) is 0 Å². The van der Waals surface area contributed by atoms with Gasteiger partial charge >= 0.3 is 0 Å². The summed E-state index contributed by atoms with van der Waals surface area (Å²) in [4.78, 5) is 16.3. The second-order valence-electron chi connectivity index (χ2n) is 6.94. The number of carbonyl (C=O) groups is 1. The maximum Gasteiger partial charge on any atom is 0.237 e. The Morgan fingerprint density at radius 2 is 1.71 bits per heavy atom. The monoisotopic (exact) mass is 351 g/mol. The number of nitrogens with two attached hydrogens (primary N) is 1. The molecule has 0 aliphatic carbocycles. The quantitative estimate of drug-likeness (QED) is 0.823. The van der Waals surface area contributed by atoms with E-state index in [4.69, 9.17) is 5.73 Å². The maximum absolute atomic E-state index is 12.2. The second kappa shape index (κ2) is 6.72. The van der Waals surface area contributed by atoms with Crippen LogP contribution in [0.4, 0.5) is 5.69 Å². The molecule has 0 bridgehead atoms. The lowest BCUT2D eigenvalue weighted by atomic mass is 10.0. The highest BCUT2D eigenvalue weighted by Gasteiger charge is 2.42. The minimum absolute atomic E-state index is 0.0619. The molecule has 7 heteroatoms. The van der Waals surface area contributed by atoms with E-state index in [0.29, 0.717) is 24.9 Å². The topological polar surface area (TPSA) is 83.7 Å². The molecular weight excluding hydrogens is 326 g/mol. The van der Waals surface area contributed by atoms with Gasteiger partial charge in [-0.2, -0.15) is 0 Å². The third-order valence-electron chi connectivity index (χ3n) is 5.01. The number of sulfone groups is 1. The van der Waals surface area contributed by atoms with E-state index in [9.17, 15) is 13.2 Å². The molecule has 0 spiro atoms. The Bertz CT molecular complexity index is 688. The van der Waals surface area contributed by atoms with Gasteiger partial charge in [-0.3, -0.25) is 4.79 Å². The maximum atomic E-state index is 12.2. The first-order valence-corrected chi connectivity index (χ1v) is 10.2. The molecule has 6 nitrogen and oxygen atoms in total. The molecule has 0 radical (unpaired) electrons. The molecule has 1 aromatic carbocycles. The first-order valence-electron chi connectivity index (χ1n) is 8.38. The van der Waals surface area contributed by atoms with Crippen LogP contribution in [0.15, 0.2) is 24.3 Å². The van der Waals surface area contributed by atoms with Crippen molar-refractivity contribution in [1.29, 1.82) is 0 Å². The van der Waals surface area contributed by atoms with Gasteiger partial charge in [-0.05, 0) is 19.1 Å². The summed E-state index contributed by atoms with van der Waals surface area (Å²) in [5.74, 6) is 0.0334. The van der Waals surface area contributed by atoms with Gasteiger partial charge in [-0.25, -0.2) is 8.42 Å². The normalized spacial score (nSPS) is 23.6. The summed E-state index contributed by atoms with van der Waals surface area (Å²) in [5, 5.41) is 0. The standard InChI is InChI=1S/C17H25N3O3S/c1-13-2-4-16(5-3-13)19-8-14-10-20(11-15(14)9-19)17(21)12-24(22,23)7-6-18/h2-5,14-15H,6-12,18H2,1H3/t14-,15+. The minimum Gasteiger partial charge on any atom is -0.371 e. The zero-order chi connectivity index (χ0) is 17.3. The van der Waals surface area contributed by atoms with Crippen LogP contribution in [-0.2, 0) is 14.6 Å². The van der Waals surface area contributed by atoms with E-state index in [1.807, 2.05) is 0 Å². The van der Waals surface area contributed by atoms with Crippen LogP contribution in [0.1, 0.15) is 5.56 Å². The first-order chi connectivity index (χ1) is 11.4. The van der Waals surface area contributed by atoms with Crippen LogP contribution >= 0.6 is 0 Å². The zero-order valence-corrected chi connectivity index (χ0v) is 14.8. The van der Waals surface area contributed by atoms with Crippen molar-refractivity contribution in [2.24, 2.45) is 17.6 Å². The molecule has 24 heavy (non-hydrogen) atoms. The molecule has 1 aromatic rings. The summed E-state index contributed by atoms with van der Waals surface area (Å²) in [7, 11) is -3.38. The summed E-state index contributed by atoms with van der Waals surface area (Å²) < 4.78 is 23.5. The Labute approximate surface area is 143 Å². The molecular formula is C17H25N3O3S. The second-order valence-corrected chi connectivity index (χ2v) is 9.12. The van der Waals surface area contributed by atoms with E-state index in [2.05, 4.69) is 36.1 Å². The Morgan fingerprint density at radius 3 is 2.25 bits per heavy atom. The molecule has 0 unspecified atom stereocenters. The SMILES string of the molecule is Cc1ccc(N2C[C@H]3CN(C(=O)CS(=O)(=O)CCN)C[C@H]3C2)cc1. The van der Waals surface area contributed by atoms with Gasteiger partial charge in [0.2, 0.25) is 5.91 Å². The number of rotatable bonds is 5. The number of fused-ring (bicyclic) bond motifs is 1. The number of hydrogen-bond acceptors (Lipinski definition) is 5. The van der Waals surface area contributed by atoms with Gasteiger partial charge in [0, 0.05) is 50.2 Å². The van der Waals surface area contributed by atoms with Gasteiger partial charge in [0.1, 0.15) is 5.75 Å². The number of aryl methyl sites for hydroxylation is 1. The van der Waals surface area contributed by atoms with Crippen LogP contribution in [0, 0.1) is 18.8 Å². The third kappa shape index (κ3) is 3.72. The van der Waals surface area contributed by atoms with Crippen molar-refractivity contribution in [2.45, 2.75) is 6.92 Å². The van der Waals surface area contributed by atoms with Gasteiger partial charge in [0.15, 0.2) is 9.84 Å². The highest BCUT2D eigenvalue weighted by atomic mass is 32.2. The van der Waals surface area contributed by atoms with Gasteiger partial charge in [-0.1, -0.05) is 17.7 Å². The molecule has 2 aliphatic rings. The number of nitrogens with zero attached hydrogens (tertiary/aromatic N) is 2. The molecule has 2 saturated heterocycles. The Balaban J connectivity index is 1.57. The summed E-state index contributed by atoms with van der Waals surface area (Å²) in [5.41, 5.74) is 7.75. The van der Waals surface area contributed by atoms with Crippen LogP contribution in [0.5, 0.6) is 0 Å². The number of hydrogen-bond donors (Lipinski definition) is 1. The Hall–Kier alpha value is -1.60. The highest BCUT2D eigenvalue weighted by Crippen LogP contribution is 2.34. The lowest BCUT2D eigenvalue weighted by Crippen LogP contribution is -2.37. The Morgan fingerprint density at radius 1 is 1.12 bits per heavy atom. The largest absolute Gasteiger partial charge is 0.371 e. The summed E-state index contributed by atoms with van der Waals surface area (Å²) in [6, 6.07) is 8.50. The predicted octanol–water partition coefficient (Wildman–Crippen LogP) is 0.263. The molecule has 0 aromatic heterocycles. The van der Waals surface area contributed by atoms with Gasteiger partial charge in [-0.15, -0.1) is 0 Å². The number of carbonyl (C=O) groups excluding carboxylic acids is 1. The van der Waals surface area contributed by atoms with E-state index in [0.717, 1.165) is 13.1 Å². The molecule has 2 atom stereocenters. The van der Waals surface area contributed by atoms with Crippen molar-refractivity contribution in [3.8, 4) is 0 Å². The van der Waals surface area contributed by atoms with Gasteiger partial charge < -0.3 is 15.5 Å². The minimum atomic E-state index is -3.38. The molecule has 2 aliphatic heterocycles. The number of likely N-dealkylation sites (tertiary alicyclic amines) is 1. The van der Waals surface area contributed by atoms with Gasteiger partial charge in [0.05, 0.1) is 5.75 Å². The molecule has 2 fully saturated rings. The fourth-order valence-electron chi connectivity index (χ4n) is 3.69. The number of anilines is 1. The lowest BCUT2D eigenvalue weighted by molar-refractivity contribution is -0.127. The smallest absolute Gasteiger partial charge is 0.237 e. The van der Waals surface area contributed by atoms with Crippen molar-refractivity contribution >= 4 is 21.4 Å². The highest BCUT2D eigenvalue weighted by molar-refractivity contribution is 7.92. The van der Waals surface area contributed by atoms with Crippen LogP contribution in [0.25, 0.3) is 0 Å². The summed E-state index contributed by atoms with van der Waals surface area (Å²) in [6.07, 6.45) is 0. The van der Waals surface area contributed by atoms with Crippen molar-refractivity contribution in [3.05, 3.63) is 29.8 Å². The average molecular weight is 351 g/mol. The number of benzene rings is 1. The van der Waals surface area contributed by atoms with Crippen LogP contribution in [0.2, 0.25) is 0 Å². The molecule has 1 amide bonds. The van der Waals surface area contributed by atoms with E-state index >= 15 is 0 Å². The lowest BCUT2D eigenvalue weighted by Gasteiger charge is -2.23. The van der Waals surface area contributed by atoms with E-state index in [-0.39, 0.29) is 18.2 Å². The first kappa shape index (κ1) is 17.2. The molecule has 132 valence electrons. The number of amides is 1. The van der Waals surface area contributed by atoms with Crippen molar-refractivity contribution in [1.82, 2.24) is 4.90 Å². The predicted molar refractivity (Wildman–Crippen MR) is 94.7 cm³/mol. The summed E-state index contributed by atoms with van der Waals surface area (Å²) in [6.45, 7) is 5.30. The van der Waals surface area contributed by atoms with Crippen molar-refractivity contribution in [3.63, 3.8) is 0 Å². The average Bonchev–Trinajstić information content (AvgIpc) is 3.06. The van der Waals surface area contributed by atoms with Crippen LogP contribution in [-0.4, -0.2) is 63.5 Å². The molecule has 3 rings (SSSR count). The summed E-state index contributed by atoms with van der Waals surface area (Å²) >= 11 is 0. The Kier molecular flexibility index (Phi) is 4.83. The van der Waals surface area contributed by atoms with E-state index in [1.54, 1.807) is 4.90 Å². The molecule has 2 N–H and O–H groups in total. The van der Waals surface area contributed by atoms with Crippen molar-refractivity contribution in [2.75, 3.05) is 49.1 Å². The van der Waals surface area contributed by atoms with E-state index in [1.165, 1.54) is 11.3 Å². The third-order valence-corrected chi connectivity index (χ3v) is 6.55. The van der Waals surface area contributed by atoms with Crippen molar-refractivity contribution < 1.29 is 13.2 Å². The van der Waals surface area contributed by atoms with E-state index < -0.39 is 15.6 Å². The molecule has 0 saturated carbocycles. The zero-order valence-electron chi connectivity index (χ0n) is 14.0.